The number of hydrogen-bond acceptors (Lipinski definition) is 15. The summed E-state index contributed by atoms with van der Waals surface area (Å²) in [6.07, 6.45) is 58.3. The molecule has 19 heteroatoms. The Hall–Kier alpha value is -1.94. The van der Waals surface area contributed by atoms with Gasteiger partial charge in [0.15, 0.2) is 12.2 Å². The first-order chi connectivity index (χ1) is 47.7. The molecule has 0 heterocycles. The van der Waals surface area contributed by atoms with E-state index in [9.17, 15) is 43.2 Å². The molecule has 99 heavy (non-hydrogen) atoms. The molecule has 2 unspecified atom stereocenters. The molecular formula is C80H156O17P2. The van der Waals surface area contributed by atoms with Crippen LogP contribution < -0.4 is 0 Å². The van der Waals surface area contributed by atoms with Gasteiger partial charge in [0, 0.05) is 25.7 Å². The third kappa shape index (κ3) is 74.1. The number of esters is 4. The number of hydrogen-bond donors (Lipinski definition) is 3. The Labute approximate surface area is 607 Å². The second-order valence-electron chi connectivity index (χ2n) is 30.2. The number of phosphoric ester groups is 2. The minimum absolute atomic E-state index is 0.106. The number of ether oxygens (including phenoxy) is 4. The summed E-state index contributed by atoms with van der Waals surface area (Å²) >= 11 is 0. The van der Waals surface area contributed by atoms with Crippen LogP contribution in [0.5, 0.6) is 0 Å². The second kappa shape index (κ2) is 70.4. The van der Waals surface area contributed by atoms with E-state index < -0.39 is 97.5 Å². The normalized spacial score (nSPS) is 14.0. The molecule has 5 atom stereocenters. The Morgan fingerprint density at radius 3 is 0.687 bits per heavy atom. The van der Waals surface area contributed by atoms with Gasteiger partial charge in [0.1, 0.15) is 19.3 Å². The van der Waals surface area contributed by atoms with Crippen molar-refractivity contribution in [3.8, 4) is 0 Å². The molecular weight excluding hydrogens is 1290 g/mol. The van der Waals surface area contributed by atoms with E-state index in [2.05, 4.69) is 48.5 Å². The molecule has 0 saturated carbocycles. The molecule has 3 N–H and O–H groups in total. The van der Waals surface area contributed by atoms with Crippen LogP contribution in [-0.2, 0) is 65.4 Å². The van der Waals surface area contributed by atoms with Crippen LogP contribution in [0.2, 0.25) is 0 Å². The van der Waals surface area contributed by atoms with Gasteiger partial charge in [-0.15, -0.1) is 0 Å². The molecule has 0 aliphatic heterocycles. The first kappa shape index (κ1) is 97.1. The zero-order chi connectivity index (χ0) is 73.0. The Kier molecular flexibility index (Phi) is 69.0. The zero-order valence-electron chi connectivity index (χ0n) is 65.0. The summed E-state index contributed by atoms with van der Waals surface area (Å²) in [4.78, 5) is 73.0. The predicted molar refractivity (Wildman–Crippen MR) is 405 cm³/mol. The molecule has 0 fully saturated rings. The summed E-state index contributed by atoms with van der Waals surface area (Å²) in [5.74, 6) is 0.157. The van der Waals surface area contributed by atoms with Crippen LogP contribution >= 0.6 is 15.6 Å². The van der Waals surface area contributed by atoms with Crippen LogP contribution in [-0.4, -0.2) is 96.7 Å². The van der Waals surface area contributed by atoms with Crippen molar-refractivity contribution >= 4 is 39.5 Å². The molecule has 0 aliphatic carbocycles. The van der Waals surface area contributed by atoms with Crippen molar-refractivity contribution in [1.82, 2.24) is 0 Å². The second-order valence-corrected chi connectivity index (χ2v) is 33.1. The highest BCUT2D eigenvalue weighted by Crippen LogP contribution is 2.45. The van der Waals surface area contributed by atoms with Crippen LogP contribution in [0.1, 0.15) is 414 Å². The van der Waals surface area contributed by atoms with Crippen LogP contribution in [0, 0.1) is 17.8 Å². The highest BCUT2D eigenvalue weighted by atomic mass is 31.2. The highest BCUT2D eigenvalue weighted by Gasteiger charge is 2.30. The Morgan fingerprint density at radius 1 is 0.273 bits per heavy atom. The lowest BCUT2D eigenvalue weighted by atomic mass is 10.0. The van der Waals surface area contributed by atoms with E-state index in [1.807, 2.05) is 0 Å². The van der Waals surface area contributed by atoms with Crippen LogP contribution in [0.4, 0.5) is 0 Å². The summed E-state index contributed by atoms with van der Waals surface area (Å²) in [6, 6.07) is 0. The standard InChI is InChI=1S/C80H156O17P2/c1-8-9-10-11-12-13-14-15-16-17-18-19-24-29-34-41-49-56-63-79(84)96-75(67-90-77(82)61-54-47-40-33-28-23-21-20-22-26-31-37-44-51-58-71(2)3)69-94-98(86,87)92-65-74(81)66-93-99(88,89)95-70-76(68-91-78(83)62-55-48-43-36-39-46-53-60-73(6)7)97-80(85)64-57-50-42-35-30-25-27-32-38-45-52-59-72(4)5/h71-76,81H,8-70H2,1-7H3,(H,86,87)(H,88,89)/t74-,75-,76-/m1/s1. The topological polar surface area (TPSA) is 237 Å². The lowest BCUT2D eigenvalue weighted by Crippen LogP contribution is -2.30. The summed E-state index contributed by atoms with van der Waals surface area (Å²) in [7, 11) is -9.92. The molecule has 0 aliphatic rings. The van der Waals surface area contributed by atoms with Crippen molar-refractivity contribution in [3.05, 3.63) is 0 Å². The van der Waals surface area contributed by atoms with Gasteiger partial charge in [0.25, 0.3) is 0 Å². The summed E-state index contributed by atoms with van der Waals surface area (Å²) < 4.78 is 68.7. The molecule has 0 spiro atoms. The number of unbranched alkanes of at least 4 members (excludes halogenated alkanes) is 46. The Balaban J connectivity index is 5.24. The SMILES string of the molecule is CCCCCCCCCCCCCCCCCCCCC(=O)O[C@H](COC(=O)CCCCCCCCCCCCCCCCC(C)C)COP(=O)(O)OC[C@@H](O)COP(=O)(O)OC[C@@H](COC(=O)CCCCCCCCCC(C)C)OC(=O)CCCCCCCCCCCCCC(C)C. The summed E-state index contributed by atoms with van der Waals surface area (Å²) in [6.45, 7) is 11.9. The lowest BCUT2D eigenvalue weighted by Gasteiger charge is -2.21. The Bertz CT molecular complexity index is 1920. The van der Waals surface area contributed by atoms with Gasteiger partial charge in [-0.25, -0.2) is 9.13 Å². The largest absolute Gasteiger partial charge is 0.472 e. The first-order valence-electron chi connectivity index (χ1n) is 41.3. The number of rotatable bonds is 78. The van der Waals surface area contributed by atoms with Gasteiger partial charge in [-0.05, 0) is 43.4 Å². The number of aliphatic hydroxyl groups is 1. The van der Waals surface area contributed by atoms with E-state index >= 15 is 0 Å². The number of aliphatic hydroxyl groups excluding tert-OH is 1. The summed E-state index contributed by atoms with van der Waals surface area (Å²) in [5, 5.41) is 10.6. The first-order valence-corrected chi connectivity index (χ1v) is 44.3. The third-order valence-corrected chi connectivity index (χ3v) is 20.5. The predicted octanol–water partition coefficient (Wildman–Crippen LogP) is 23.7. The molecule has 0 amide bonds. The van der Waals surface area contributed by atoms with Crippen LogP contribution in [0.25, 0.3) is 0 Å². The van der Waals surface area contributed by atoms with Gasteiger partial charge in [-0.1, -0.05) is 363 Å². The van der Waals surface area contributed by atoms with E-state index in [0.29, 0.717) is 31.6 Å². The molecule has 0 aromatic carbocycles. The van der Waals surface area contributed by atoms with Crippen molar-refractivity contribution in [2.45, 2.75) is 433 Å². The fourth-order valence-electron chi connectivity index (χ4n) is 12.3. The molecule has 0 aromatic rings. The molecule has 0 rings (SSSR count). The van der Waals surface area contributed by atoms with E-state index in [1.54, 1.807) is 0 Å². The van der Waals surface area contributed by atoms with Gasteiger partial charge in [-0.3, -0.25) is 37.3 Å². The van der Waals surface area contributed by atoms with Gasteiger partial charge in [-0.2, -0.15) is 0 Å². The average Bonchev–Trinajstić information content (AvgIpc) is 1.02. The van der Waals surface area contributed by atoms with E-state index in [4.69, 9.17) is 37.0 Å². The number of carbonyl (C=O) groups is 4. The Morgan fingerprint density at radius 2 is 0.465 bits per heavy atom. The van der Waals surface area contributed by atoms with Gasteiger partial charge >= 0.3 is 39.5 Å². The molecule has 588 valence electrons. The third-order valence-electron chi connectivity index (χ3n) is 18.6. The van der Waals surface area contributed by atoms with Gasteiger partial charge < -0.3 is 33.8 Å². The fraction of sp³-hybridized carbons (Fsp3) is 0.950. The maximum atomic E-state index is 13.1. The quantitative estimate of drug-likeness (QED) is 0.0222. The fourth-order valence-corrected chi connectivity index (χ4v) is 13.9. The van der Waals surface area contributed by atoms with Crippen molar-refractivity contribution in [2.75, 3.05) is 39.6 Å². The van der Waals surface area contributed by atoms with Gasteiger partial charge in [0.05, 0.1) is 26.4 Å². The van der Waals surface area contributed by atoms with Gasteiger partial charge in [0.2, 0.25) is 0 Å². The lowest BCUT2D eigenvalue weighted by molar-refractivity contribution is -0.161. The van der Waals surface area contributed by atoms with Crippen molar-refractivity contribution in [3.63, 3.8) is 0 Å². The van der Waals surface area contributed by atoms with Crippen LogP contribution in [0.15, 0.2) is 0 Å². The molecule has 0 saturated heterocycles. The molecule has 0 radical (unpaired) electrons. The monoisotopic (exact) mass is 1450 g/mol. The van der Waals surface area contributed by atoms with Crippen molar-refractivity contribution < 1.29 is 80.2 Å². The van der Waals surface area contributed by atoms with Crippen molar-refractivity contribution in [1.29, 1.82) is 0 Å². The van der Waals surface area contributed by atoms with Crippen LogP contribution in [0.3, 0.4) is 0 Å². The van der Waals surface area contributed by atoms with E-state index in [1.165, 1.54) is 218 Å². The van der Waals surface area contributed by atoms with E-state index in [0.717, 1.165) is 108 Å². The number of carbonyl (C=O) groups excluding carboxylic acids is 4. The van der Waals surface area contributed by atoms with E-state index in [-0.39, 0.29) is 25.7 Å². The maximum Gasteiger partial charge on any atom is 0.472 e. The highest BCUT2D eigenvalue weighted by molar-refractivity contribution is 7.47. The maximum absolute atomic E-state index is 13.1. The minimum atomic E-state index is -4.96. The number of phosphoric acid groups is 2. The summed E-state index contributed by atoms with van der Waals surface area (Å²) in [5.41, 5.74) is 0. The average molecular weight is 1450 g/mol. The zero-order valence-corrected chi connectivity index (χ0v) is 66.8. The van der Waals surface area contributed by atoms with Crippen molar-refractivity contribution in [2.24, 2.45) is 17.8 Å². The molecule has 17 nitrogen and oxygen atoms in total. The molecule has 0 aromatic heterocycles. The molecule has 0 bridgehead atoms. The smallest absolute Gasteiger partial charge is 0.462 e. The minimum Gasteiger partial charge on any atom is -0.462 e.